The molecule has 140 valence electrons. The molecule has 5 heteroatoms. The average Bonchev–Trinajstić information content (AvgIpc) is 3.05. The highest BCUT2D eigenvalue weighted by Gasteiger charge is 2.08. The number of hydrogen-bond donors (Lipinski definition) is 3. The van der Waals surface area contributed by atoms with Gasteiger partial charge in [0, 0.05) is 16.2 Å². The summed E-state index contributed by atoms with van der Waals surface area (Å²) in [4.78, 5) is 12.3. The van der Waals surface area contributed by atoms with Crippen molar-refractivity contribution < 1.29 is 20.1 Å². The molecule has 25 heavy (non-hydrogen) atoms. The van der Waals surface area contributed by atoms with E-state index in [1.165, 1.54) is 30.6 Å². The Morgan fingerprint density at radius 2 is 2.00 bits per heavy atom. The molecule has 0 spiro atoms. The van der Waals surface area contributed by atoms with Crippen molar-refractivity contribution in [3.05, 3.63) is 40.1 Å². The molecule has 0 aromatic carbocycles. The van der Waals surface area contributed by atoms with E-state index in [0.717, 1.165) is 16.2 Å². The van der Waals surface area contributed by atoms with Crippen LogP contribution in [0.3, 0.4) is 0 Å². The molecule has 1 rings (SSSR count). The first kappa shape index (κ1) is 21.6. The lowest BCUT2D eigenvalue weighted by atomic mass is 10.1. The summed E-state index contributed by atoms with van der Waals surface area (Å²) in [5.41, 5.74) is 0. The standard InChI is InChI=1S/C20H30O4S/c1-2-3-4-5-6-7-10-18(22)19-15-14-17(25-19)13-12-16(21)9-8-11-20(23)24/h6-7,12-16,18,21-22H,2-5,8-11H2,1H3,(H,23,24)/b7-6+,13-12+. The Morgan fingerprint density at radius 3 is 2.72 bits per heavy atom. The van der Waals surface area contributed by atoms with E-state index in [4.69, 9.17) is 5.11 Å². The second-order valence-electron chi connectivity index (χ2n) is 6.17. The zero-order valence-electron chi connectivity index (χ0n) is 14.9. The van der Waals surface area contributed by atoms with Crippen molar-refractivity contribution in [2.45, 2.75) is 70.5 Å². The SMILES string of the molecule is CCCCC/C=C/CC(O)c1ccc(/C=C/C(O)CCCC(=O)O)s1. The third kappa shape index (κ3) is 10.2. The highest BCUT2D eigenvalue weighted by Crippen LogP contribution is 2.27. The number of carboxylic acids is 1. The third-order valence-electron chi connectivity index (χ3n) is 3.85. The van der Waals surface area contributed by atoms with Gasteiger partial charge in [0.2, 0.25) is 0 Å². The Kier molecular flexibility index (Phi) is 11.1. The smallest absolute Gasteiger partial charge is 0.303 e. The summed E-state index contributed by atoms with van der Waals surface area (Å²) in [6, 6.07) is 3.84. The molecule has 1 heterocycles. The minimum absolute atomic E-state index is 0.0756. The van der Waals surface area contributed by atoms with Crippen LogP contribution in [0.15, 0.2) is 30.4 Å². The van der Waals surface area contributed by atoms with Crippen molar-refractivity contribution in [1.82, 2.24) is 0 Å². The first-order chi connectivity index (χ1) is 12.0. The summed E-state index contributed by atoms with van der Waals surface area (Å²) >= 11 is 1.51. The fourth-order valence-electron chi connectivity index (χ4n) is 2.37. The molecule has 0 saturated heterocycles. The van der Waals surface area contributed by atoms with E-state index in [2.05, 4.69) is 13.0 Å². The predicted molar refractivity (Wildman–Crippen MR) is 104 cm³/mol. The van der Waals surface area contributed by atoms with Gasteiger partial charge in [-0.2, -0.15) is 0 Å². The Balaban J connectivity index is 2.36. The molecule has 2 atom stereocenters. The number of aliphatic hydroxyl groups excluding tert-OH is 2. The summed E-state index contributed by atoms with van der Waals surface area (Å²) in [5.74, 6) is -0.840. The van der Waals surface area contributed by atoms with Crippen LogP contribution in [-0.2, 0) is 4.79 Å². The van der Waals surface area contributed by atoms with Crippen LogP contribution in [-0.4, -0.2) is 27.4 Å². The van der Waals surface area contributed by atoms with Crippen LogP contribution in [0, 0.1) is 0 Å². The summed E-state index contributed by atoms with van der Waals surface area (Å²) in [7, 11) is 0. The maximum atomic E-state index is 10.4. The molecule has 0 fully saturated rings. The normalized spacial score (nSPS) is 14.4. The molecule has 1 aromatic heterocycles. The molecule has 0 aliphatic heterocycles. The van der Waals surface area contributed by atoms with Gasteiger partial charge in [-0.1, -0.05) is 38.0 Å². The van der Waals surface area contributed by atoms with Gasteiger partial charge < -0.3 is 15.3 Å². The fourth-order valence-corrected chi connectivity index (χ4v) is 3.30. The summed E-state index contributed by atoms with van der Waals surface area (Å²) in [5, 5.41) is 28.6. The Hall–Kier alpha value is -1.43. The molecule has 3 N–H and O–H groups in total. The van der Waals surface area contributed by atoms with Gasteiger partial charge in [0.15, 0.2) is 0 Å². The van der Waals surface area contributed by atoms with Crippen LogP contribution in [0.2, 0.25) is 0 Å². The number of carboxylic acid groups (broad SMARTS) is 1. The van der Waals surface area contributed by atoms with Crippen LogP contribution in [0.1, 0.15) is 74.1 Å². The molecule has 0 aliphatic rings. The Morgan fingerprint density at radius 1 is 1.20 bits per heavy atom. The van der Waals surface area contributed by atoms with Crippen molar-refractivity contribution in [2.24, 2.45) is 0 Å². The van der Waals surface area contributed by atoms with Crippen LogP contribution < -0.4 is 0 Å². The zero-order chi connectivity index (χ0) is 18.5. The van der Waals surface area contributed by atoms with E-state index in [1.807, 2.05) is 24.3 Å². The lowest BCUT2D eigenvalue weighted by molar-refractivity contribution is -0.137. The second kappa shape index (κ2) is 12.9. The molecule has 0 amide bonds. The van der Waals surface area contributed by atoms with Gasteiger partial charge in [0.1, 0.15) is 0 Å². The van der Waals surface area contributed by atoms with E-state index in [9.17, 15) is 15.0 Å². The molecule has 1 aromatic rings. The lowest BCUT2D eigenvalue weighted by Crippen LogP contribution is -2.03. The predicted octanol–water partition coefficient (Wildman–Crippen LogP) is 4.94. The topological polar surface area (TPSA) is 77.8 Å². The van der Waals surface area contributed by atoms with Gasteiger partial charge in [0.25, 0.3) is 0 Å². The highest BCUT2D eigenvalue weighted by atomic mass is 32.1. The van der Waals surface area contributed by atoms with Crippen LogP contribution in [0.25, 0.3) is 6.08 Å². The van der Waals surface area contributed by atoms with Gasteiger partial charge in [-0.25, -0.2) is 0 Å². The highest BCUT2D eigenvalue weighted by molar-refractivity contribution is 7.12. The number of unbranched alkanes of at least 4 members (excludes halogenated alkanes) is 3. The number of carbonyl (C=O) groups is 1. The second-order valence-corrected chi connectivity index (χ2v) is 7.32. The maximum Gasteiger partial charge on any atom is 0.303 e. The maximum absolute atomic E-state index is 10.4. The van der Waals surface area contributed by atoms with Crippen LogP contribution in [0.4, 0.5) is 0 Å². The van der Waals surface area contributed by atoms with Crippen molar-refractivity contribution in [3.63, 3.8) is 0 Å². The fraction of sp³-hybridized carbons (Fsp3) is 0.550. The van der Waals surface area contributed by atoms with Crippen molar-refractivity contribution in [3.8, 4) is 0 Å². The largest absolute Gasteiger partial charge is 0.481 e. The first-order valence-corrected chi connectivity index (χ1v) is 9.85. The van der Waals surface area contributed by atoms with Gasteiger partial charge >= 0.3 is 5.97 Å². The molecule has 0 saturated carbocycles. The van der Waals surface area contributed by atoms with Crippen molar-refractivity contribution >= 4 is 23.4 Å². The summed E-state index contributed by atoms with van der Waals surface area (Å²) < 4.78 is 0. The third-order valence-corrected chi connectivity index (χ3v) is 5.00. The van der Waals surface area contributed by atoms with Crippen molar-refractivity contribution in [2.75, 3.05) is 0 Å². The number of hydrogen-bond acceptors (Lipinski definition) is 4. The zero-order valence-corrected chi connectivity index (χ0v) is 15.8. The van der Waals surface area contributed by atoms with Gasteiger partial charge in [-0.15, -0.1) is 11.3 Å². The van der Waals surface area contributed by atoms with E-state index < -0.39 is 18.2 Å². The monoisotopic (exact) mass is 366 g/mol. The van der Waals surface area contributed by atoms with Gasteiger partial charge in [0.05, 0.1) is 12.2 Å². The van der Waals surface area contributed by atoms with Crippen LogP contribution >= 0.6 is 11.3 Å². The van der Waals surface area contributed by atoms with E-state index >= 15 is 0 Å². The van der Waals surface area contributed by atoms with Gasteiger partial charge in [-0.05, 0) is 50.3 Å². The Bertz CT molecular complexity index is 548. The summed E-state index contributed by atoms with van der Waals surface area (Å²) in [6.07, 6.45) is 12.9. The molecule has 0 bridgehead atoms. The van der Waals surface area contributed by atoms with E-state index in [-0.39, 0.29) is 6.42 Å². The van der Waals surface area contributed by atoms with Crippen LogP contribution in [0.5, 0.6) is 0 Å². The molecule has 0 aliphatic carbocycles. The summed E-state index contributed by atoms with van der Waals surface area (Å²) in [6.45, 7) is 2.19. The minimum atomic E-state index is -0.840. The molecular weight excluding hydrogens is 336 g/mol. The van der Waals surface area contributed by atoms with E-state index in [0.29, 0.717) is 19.3 Å². The number of thiophene rings is 1. The quantitative estimate of drug-likeness (QED) is 0.341. The van der Waals surface area contributed by atoms with Crippen molar-refractivity contribution in [1.29, 1.82) is 0 Å². The number of rotatable bonds is 13. The molecule has 2 unspecified atom stereocenters. The minimum Gasteiger partial charge on any atom is -0.481 e. The first-order valence-electron chi connectivity index (χ1n) is 9.03. The average molecular weight is 367 g/mol. The molecule has 0 radical (unpaired) electrons. The Labute approximate surface area is 154 Å². The van der Waals surface area contributed by atoms with Gasteiger partial charge in [-0.3, -0.25) is 4.79 Å². The lowest BCUT2D eigenvalue weighted by Gasteiger charge is -2.04. The molecular formula is C20H30O4S. The number of allylic oxidation sites excluding steroid dienone is 1. The van der Waals surface area contributed by atoms with E-state index in [1.54, 1.807) is 6.08 Å². The molecule has 4 nitrogen and oxygen atoms in total. The number of aliphatic carboxylic acids is 1. The number of aliphatic hydroxyl groups is 2.